The Morgan fingerprint density at radius 1 is 1.50 bits per heavy atom. The van der Waals surface area contributed by atoms with Crippen molar-refractivity contribution in [2.75, 3.05) is 20.3 Å². The van der Waals surface area contributed by atoms with Crippen molar-refractivity contribution in [1.82, 2.24) is 14.9 Å². The van der Waals surface area contributed by atoms with Gasteiger partial charge in [0.15, 0.2) is 0 Å². The molecule has 108 valence electrons. The number of hydrogen-bond donors (Lipinski definition) is 2. The van der Waals surface area contributed by atoms with E-state index in [0.717, 1.165) is 0 Å². The largest absolute Gasteiger partial charge is 0.385 e. The monoisotopic (exact) mass is 281 g/mol. The first kappa shape index (κ1) is 14.3. The van der Waals surface area contributed by atoms with Crippen molar-refractivity contribution in [2.45, 2.75) is 13.0 Å². The summed E-state index contributed by atoms with van der Waals surface area (Å²) < 4.78 is 19.2. The maximum Gasteiger partial charge on any atom is 0.326 e. The number of halogens is 1. The van der Waals surface area contributed by atoms with Crippen LogP contribution in [0.5, 0.6) is 0 Å². The molecule has 20 heavy (non-hydrogen) atoms. The minimum Gasteiger partial charge on any atom is -0.385 e. The van der Waals surface area contributed by atoms with E-state index in [1.54, 1.807) is 7.11 Å². The first-order valence-corrected chi connectivity index (χ1v) is 6.25. The van der Waals surface area contributed by atoms with E-state index in [1.807, 2.05) is 0 Å². The summed E-state index contributed by atoms with van der Waals surface area (Å²) in [6.45, 7) is 0.947. The highest BCUT2D eigenvalue weighted by atomic mass is 19.1. The molecule has 1 aromatic carbocycles. The number of hydrogen-bond acceptors (Lipinski definition) is 3. The van der Waals surface area contributed by atoms with Crippen LogP contribution in [0.4, 0.5) is 4.39 Å². The van der Waals surface area contributed by atoms with Gasteiger partial charge in [0.1, 0.15) is 12.4 Å². The average molecular weight is 281 g/mol. The van der Waals surface area contributed by atoms with Crippen LogP contribution in [-0.2, 0) is 16.1 Å². The molecule has 0 saturated heterocycles. The van der Waals surface area contributed by atoms with Crippen LogP contribution in [0.15, 0.2) is 23.0 Å². The number of H-pyrrole nitrogens is 1. The maximum absolute atomic E-state index is 13.1. The Labute approximate surface area is 114 Å². The molecule has 0 bridgehead atoms. The first-order valence-electron chi connectivity index (χ1n) is 6.25. The van der Waals surface area contributed by atoms with E-state index in [2.05, 4.69) is 10.3 Å². The Balaban J connectivity index is 2.07. The molecule has 0 unspecified atom stereocenters. The fourth-order valence-corrected chi connectivity index (χ4v) is 1.94. The van der Waals surface area contributed by atoms with Gasteiger partial charge >= 0.3 is 5.69 Å². The molecule has 6 nitrogen and oxygen atoms in total. The van der Waals surface area contributed by atoms with Gasteiger partial charge in [-0.2, -0.15) is 0 Å². The highest BCUT2D eigenvalue weighted by Gasteiger charge is 2.10. The summed E-state index contributed by atoms with van der Waals surface area (Å²) in [6.07, 6.45) is 0.705. The molecule has 0 atom stereocenters. The fourth-order valence-electron chi connectivity index (χ4n) is 1.94. The van der Waals surface area contributed by atoms with Crippen LogP contribution < -0.4 is 11.0 Å². The van der Waals surface area contributed by atoms with E-state index in [9.17, 15) is 14.0 Å². The Morgan fingerprint density at radius 2 is 2.30 bits per heavy atom. The highest BCUT2D eigenvalue weighted by Crippen LogP contribution is 2.11. The van der Waals surface area contributed by atoms with Crippen molar-refractivity contribution in [3.8, 4) is 0 Å². The number of nitrogens with zero attached hydrogens (tertiary/aromatic N) is 1. The summed E-state index contributed by atoms with van der Waals surface area (Å²) in [4.78, 5) is 26.0. The van der Waals surface area contributed by atoms with Gasteiger partial charge in [0.05, 0.1) is 11.0 Å². The van der Waals surface area contributed by atoms with Crippen LogP contribution in [-0.4, -0.2) is 35.7 Å². The average Bonchev–Trinajstić information content (AvgIpc) is 2.70. The molecule has 7 heteroatoms. The minimum absolute atomic E-state index is 0.0998. The number of ether oxygens (including phenoxy) is 1. The molecule has 2 aromatic rings. The van der Waals surface area contributed by atoms with Gasteiger partial charge in [-0.25, -0.2) is 9.18 Å². The van der Waals surface area contributed by atoms with Crippen LogP contribution in [0.2, 0.25) is 0 Å². The van der Waals surface area contributed by atoms with Crippen molar-refractivity contribution < 1.29 is 13.9 Å². The third-order valence-corrected chi connectivity index (χ3v) is 2.89. The van der Waals surface area contributed by atoms with Crippen LogP contribution in [0, 0.1) is 5.82 Å². The predicted octanol–water partition coefficient (Wildman–Crippen LogP) is 0.621. The van der Waals surface area contributed by atoms with Gasteiger partial charge in [0, 0.05) is 20.3 Å². The number of carbonyl (C=O) groups is 1. The number of methoxy groups -OCH3 is 1. The molecular weight excluding hydrogens is 265 g/mol. The van der Waals surface area contributed by atoms with E-state index < -0.39 is 11.5 Å². The van der Waals surface area contributed by atoms with Gasteiger partial charge in [-0.15, -0.1) is 0 Å². The maximum atomic E-state index is 13.1. The van der Waals surface area contributed by atoms with E-state index >= 15 is 0 Å². The third-order valence-electron chi connectivity index (χ3n) is 2.89. The summed E-state index contributed by atoms with van der Waals surface area (Å²) in [5, 5.41) is 2.69. The molecule has 1 amide bonds. The molecule has 0 saturated carbocycles. The Bertz CT molecular complexity index is 662. The standard InChI is InChI=1S/C13H16FN3O3/c1-20-6-2-5-15-12(18)8-17-11-4-3-9(14)7-10(11)16-13(17)19/h3-4,7H,2,5-6,8H2,1H3,(H,15,18)(H,16,19). The van der Waals surface area contributed by atoms with Crippen molar-refractivity contribution in [3.05, 3.63) is 34.5 Å². The molecule has 0 fully saturated rings. The summed E-state index contributed by atoms with van der Waals surface area (Å²) in [7, 11) is 1.59. The lowest BCUT2D eigenvalue weighted by molar-refractivity contribution is -0.121. The normalized spacial score (nSPS) is 10.9. The van der Waals surface area contributed by atoms with Gasteiger partial charge in [-0.1, -0.05) is 0 Å². The zero-order chi connectivity index (χ0) is 14.5. The number of aromatic amines is 1. The summed E-state index contributed by atoms with van der Waals surface area (Å²) >= 11 is 0. The number of nitrogens with one attached hydrogen (secondary N) is 2. The molecule has 1 heterocycles. The van der Waals surface area contributed by atoms with Crippen LogP contribution >= 0.6 is 0 Å². The predicted molar refractivity (Wildman–Crippen MR) is 72.0 cm³/mol. The Hall–Kier alpha value is -2.15. The van der Waals surface area contributed by atoms with Crippen molar-refractivity contribution in [3.63, 3.8) is 0 Å². The summed E-state index contributed by atoms with van der Waals surface area (Å²) in [5.74, 6) is -0.705. The number of benzene rings is 1. The third kappa shape index (κ3) is 3.24. The molecule has 2 rings (SSSR count). The lowest BCUT2D eigenvalue weighted by Crippen LogP contribution is -2.32. The summed E-state index contributed by atoms with van der Waals surface area (Å²) in [6, 6.07) is 3.95. The van der Waals surface area contributed by atoms with Crippen molar-refractivity contribution in [2.24, 2.45) is 0 Å². The fraction of sp³-hybridized carbons (Fsp3) is 0.385. The summed E-state index contributed by atoms with van der Waals surface area (Å²) in [5.41, 5.74) is 0.447. The van der Waals surface area contributed by atoms with E-state index in [1.165, 1.54) is 22.8 Å². The zero-order valence-corrected chi connectivity index (χ0v) is 11.1. The topological polar surface area (TPSA) is 76.1 Å². The molecule has 0 aliphatic heterocycles. The SMILES string of the molecule is COCCCNC(=O)Cn1c(=O)[nH]c2cc(F)ccc21. The van der Waals surface area contributed by atoms with Gasteiger partial charge < -0.3 is 15.0 Å². The second kappa shape index (κ2) is 6.33. The molecular formula is C13H16FN3O3. The molecule has 0 aliphatic carbocycles. The van der Waals surface area contributed by atoms with Crippen molar-refractivity contribution >= 4 is 16.9 Å². The Morgan fingerprint density at radius 3 is 3.05 bits per heavy atom. The number of carbonyl (C=O) groups excluding carboxylic acids is 1. The van der Waals surface area contributed by atoms with E-state index in [0.29, 0.717) is 30.6 Å². The quantitative estimate of drug-likeness (QED) is 0.762. The van der Waals surface area contributed by atoms with Crippen LogP contribution in [0.3, 0.4) is 0 Å². The number of amides is 1. The molecule has 0 spiro atoms. The van der Waals surface area contributed by atoms with Crippen molar-refractivity contribution in [1.29, 1.82) is 0 Å². The second-order valence-corrected chi connectivity index (χ2v) is 4.37. The molecule has 0 aliphatic rings. The number of aromatic nitrogens is 2. The second-order valence-electron chi connectivity index (χ2n) is 4.37. The first-order chi connectivity index (χ1) is 9.61. The highest BCUT2D eigenvalue weighted by molar-refractivity contribution is 5.80. The number of rotatable bonds is 6. The van der Waals surface area contributed by atoms with E-state index in [4.69, 9.17) is 4.74 Å². The van der Waals surface area contributed by atoms with Crippen LogP contribution in [0.25, 0.3) is 11.0 Å². The smallest absolute Gasteiger partial charge is 0.326 e. The van der Waals surface area contributed by atoms with Gasteiger partial charge in [0.25, 0.3) is 0 Å². The number of fused-ring (bicyclic) bond motifs is 1. The minimum atomic E-state index is -0.435. The molecule has 0 radical (unpaired) electrons. The Kier molecular flexibility index (Phi) is 4.52. The zero-order valence-electron chi connectivity index (χ0n) is 11.1. The van der Waals surface area contributed by atoms with Gasteiger partial charge in [-0.3, -0.25) is 9.36 Å². The molecule has 1 aromatic heterocycles. The van der Waals surface area contributed by atoms with Crippen LogP contribution in [0.1, 0.15) is 6.42 Å². The van der Waals surface area contributed by atoms with Gasteiger partial charge in [-0.05, 0) is 24.6 Å². The van der Waals surface area contributed by atoms with Gasteiger partial charge in [0.2, 0.25) is 5.91 Å². The number of imidazole rings is 1. The lowest BCUT2D eigenvalue weighted by atomic mass is 10.3. The van der Waals surface area contributed by atoms with E-state index in [-0.39, 0.29) is 12.5 Å². The molecule has 2 N–H and O–H groups in total. The lowest BCUT2D eigenvalue weighted by Gasteiger charge is -2.05.